The third-order valence-corrected chi connectivity index (χ3v) is 6.97. The Balaban J connectivity index is 1.46. The van der Waals surface area contributed by atoms with Crippen LogP contribution in [0.1, 0.15) is 40.3 Å². The Hall–Kier alpha value is -4.70. The van der Waals surface area contributed by atoms with E-state index in [1.807, 2.05) is 64.2 Å². The van der Waals surface area contributed by atoms with Crippen molar-refractivity contribution in [3.05, 3.63) is 108 Å². The molecule has 1 aliphatic rings. The van der Waals surface area contributed by atoms with Crippen LogP contribution in [-0.2, 0) is 4.79 Å². The van der Waals surface area contributed by atoms with E-state index in [1.165, 1.54) is 0 Å². The fraction of sp³-hybridized carbons (Fsp3) is 0.172. The zero-order valence-electron chi connectivity index (χ0n) is 21.2. The number of nitrogens with zero attached hydrogens (tertiary/aromatic N) is 3. The van der Waals surface area contributed by atoms with Crippen molar-refractivity contribution in [3.8, 4) is 11.4 Å². The topological polar surface area (TPSA) is 109 Å². The number of carbonyl (C=O) groups excluding carboxylic acids is 1. The molecule has 2 atom stereocenters. The molecule has 1 aliphatic heterocycles. The average molecular weight is 542 g/mol. The summed E-state index contributed by atoms with van der Waals surface area (Å²) in [5, 5.41) is 16.3. The van der Waals surface area contributed by atoms with Gasteiger partial charge in [-0.3, -0.25) is 9.78 Å². The summed E-state index contributed by atoms with van der Waals surface area (Å²) in [6.45, 7) is 0.348. The minimum Gasteiger partial charge on any atom is -0.495 e. The van der Waals surface area contributed by atoms with Gasteiger partial charge in [0.1, 0.15) is 5.75 Å². The van der Waals surface area contributed by atoms with E-state index in [4.69, 9.17) is 17.0 Å². The zero-order valence-corrected chi connectivity index (χ0v) is 22.0. The van der Waals surface area contributed by atoms with Crippen molar-refractivity contribution >= 4 is 34.9 Å². The lowest BCUT2D eigenvalue weighted by Crippen LogP contribution is -2.33. The van der Waals surface area contributed by atoms with Crippen LogP contribution in [0.4, 0.5) is 5.69 Å². The molecule has 0 aliphatic carbocycles. The molecule has 9 nitrogen and oxygen atoms in total. The molecule has 0 spiro atoms. The molecule has 10 heteroatoms. The molecule has 1 saturated heterocycles. The Morgan fingerprint density at radius 3 is 2.67 bits per heavy atom. The van der Waals surface area contributed by atoms with Gasteiger partial charge in [-0.25, -0.2) is 4.79 Å². The van der Waals surface area contributed by atoms with Crippen LogP contribution in [0.3, 0.4) is 0 Å². The van der Waals surface area contributed by atoms with Crippen LogP contribution in [0, 0.1) is 0 Å². The van der Waals surface area contributed by atoms with Gasteiger partial charge in [0.2, 0.25) is 5.91 Å². The van der Waals surface area contributed by atoms with Crippen molar-refractivity contribution in [1.82, 2.24) is 19.8 Å². The smallest absolute Gasteiger partial charge is 0.335 e. The van der Waals surface area contributed by atoms with Gasteiger partial charge < -0.3 is 29.9 Å². The Morgan fingerprint density at radius 1 is 1.08 bits per heavy atom. The van der Waals surface area contributed by atoms with Gasteiger partial charge in [0.05, 0.1) is 36.1 Å². The first-order valence-corrected chi connectivity index (χ1v) is 12.8. The lowest BCUT2D eigenvalue weighted by molar-refractivity contribution is -0.116. The number of benzene rings is 2. The number of ether oxygens (including phenoxy) is 1. The van der Waals surface area contributed by atoms with Gasteiger partial charge >= 0.3 is 5.97 Å². The lowest BCUT2D eigenvalue weighted by atomic mass is 10.0. The normalized spacial score (nSPS) is 16.5. The summed E-state index contributed by atoms with van der Waals surface area (Å²) in [7, 11) is 1.56. The second kappa shape index (κ2) is 11.4. The number of pyridine rings is 1. The first kappa shape index (κ1) is 25.9. The molecule has 0 saturated carbocycles. The second-order valence-electron chi connectivity index (χ2n) is 8.98. The van der Waals surface area contributed by atoms with Crippen molar-refractivity contribution in [2.45, 2.75) is 18.5 Å². The third kappa shape index (κ3) is 5.46. The van der Waals surface area contributed by atoms with Crippen molar-refractivity contribution in [3.63, 3.8) is 0 Å². The van der Waals surface area contributed by atoms with Crippen molar-refractivity contribution in [2.75, 3.05) is 19.0 Å². The molecular weight excluding hydrogens is 514 g/mol. The highest BCUT2D eigenvalue weighted by Crippen LogP contribution is 2.39. The zero-order chi connectivity index (χ0) is 27.4. The molecule has 0 radical (unpaired) electrons. The summed E-state index contributed by atoms with van der Waals surface area (Å²) >= 11 is 5.75. The number of anilines is 1. The van der Waals surface area contributed by atoms with E-state index >= 15 is 0 Å². The monoisotopic (exact) mass is 541 g/mol. The van der Waals surface area contributed by atoms with Crippen molar-refractivity contribution < 1.29 is 19.4 Å². The Morgan fingerprint density at radius 2 is 1.90 bits per heavy atom. The van der Waals surface area contributed by atoms with E-state index in [2.05, 4.69) is 15.6 Å². The van der Waals surface area contributed by atoms with Gasteiger partial charge in [-0.1, -0.05) is 24.3 Å². The number of carbonyl (C=O) groups is 2. The third-order valence-electron chi connectivity index (χ3n) is 6.61. The fourth-order valence-corrected chi connectivity index (χ4v) is 5.14. The maximum Gasteiger partial charge on any atom is 0.335 e. The van der Waals surface area contributed by atoms with E-state index in [9.17, 15) is 14.7 Å². The number of aromatic nitrogens is 2. The van der Waals surface area contributed by atoms with Crippen LogP contribution >= 0.6 is 12.2 Å². The molecule has 0 unspecified atom stereocenters. The number of nitrogens with one attached hydrogen (secondary N) is 2. The summed E-state index contributed by atoms with van der Waals surface area (Å²) in [4.78, 5) is 31.1. The lowest BCUT2D eigenvalue weighted by Gasteiger charge is -2.29. The van der Waals surface area contributed by atoms with E-state index in [-0.39, 0.29) is 30.0 Å². The number of thiocarbonyl (C=S) groups is 1. The van der Waals surface area contributed by atoms with Crippen LogP contribution in [-0.4, -0.2) is 50.2 Å². The van der Waals surface area contributed by atoms with Crippen molar-refractivity contribution in [2.24, 2.45) is 0 Å². The summed E-state index contributed by atoms with van der Waals surface area (Å²) in [6.07, 6.45) is 3.80. The predicted molar refractivity (Wildman–Crippen MR) is 151 cm³/mol. The van der Waals surface area contributed by atoms with E-state index in [0.29, 0.717) is 28.8 Å². The maximum atomic E-state index is 12.9. The SMILES string of the molecule is COc1ccccc1NC(=O)CCN1C(=S)N[C@H](c2ccccn2)[C@H]1c1cccn1-c1cccc(C(=O)O)c1. The van der Waals surface area contributed by atoms with Gasteiger partial charge in [0.25, 0.3) is 0 Å². The summed E-state index contributed by atoms with van der Waals surface area (Å²) in [6, 6.07) is 23.0. The number of hydrogen-bond acceptors (Lipinski definition) is 5. The number of rotatable bonds is 9. The number of carboxylic acids is 1. The van der Waals surface area contributed by atoms with E-state index in [1.54, 1.807) is 43.6 Å². The molecule has 2 aromatic carbocycles. The maximum absolute atomic E-state index is 12.9. The average Bonchev–Trinajstić information content (AvgIpc) is 3.57. The Bertz CT molecular complexity index is 1510. The van der Waals surface area contributed by atoms with Crippen LogP contribution in [0.2, 0.25) is 0 Å². The van der Waals surface area contributed by atoms with Gasteiger partial charge in [0, 0.05) is 36.7 Å². The quantitative estimate of drug-likeness (QED) is 0.264. The largest absolute Gasteiger partial charge is 0.495 e. The molecule has 1 amide bonds. The molecule has 3 heterocycles. The highest BCUT2D eigenvalue weighted by atomic mass is 32.1. The molecule has 5 rings (SSSR count). The second-order valence-corrected chi connectivity index (χ2v) is 9.36. The van der Waals surface area contributed by atoms with Crippen LogP contribution in [0.25, 0.3) is 5.69 Å². The molecule has 2 aromatic heterocycles. The highest BCUT2D eigenvalue weighted by Gasteiger charge is 2.41. The molecule has 1 fully saturated rings. The fourth-order valence-electron chi connectivity index (χ4n) is 4.81. The number of hydrogen-bond donors (Lipinski definition) is 3. The molecule has 39 heavy (non-hydrogen) atoms. The molecule has 198 valence electrons. The molecule has 4 aromatic rings. The number of para-hydroxylation sites is 2. The van der Waals surface area contributed by atoms with Crippen LogP contribution in [0.5, 0.6) is 5.75 Å². The number of carboxylic acid groups (broad SMARTS) is 1. The van der Waals surface area contributed by atoms with Gasteiger partial charge in [-0.2, -0.15) is 0 Å². The van der Waals surface area contributed by atoms with Crippen LogP contribution in [0.15, 0.2) is 91.3 Å². The number of aromatic carboxylic acids is 1. The predicted octanol–water partition coefficient (Wildman–Crippen LogP) is 4.58. The minimum absolute atomic E-state index is 0.174. The van der Waals surface area contributed by atoms with Gasteiger partial charge in [-0.15, -0.1) is 0 Å². The summed E-state index contributed by atoms with van der Waals surface area (Å²) in [5.74, 6) is -0.589. The molecular formula is C29H27N5O4S. The Labute approximate surface area is 231 Å². The summed E-state index contributed by atoms with van der Waals surface area (Å²) < 4.78 is 7.30. The highest BCUT2D eigenvalue weighted by molar-refractivity contribution is 7.80. The van der Waals surface area contributed by atoms with Crippen LogP contribution < -0.4 is 15.4 Å². The first-order chi connectivity index (χ1) is 19.0. The Kier molecular flexibility index (Phi) is 7.55. The van der Waals surface area contributed by atoms with Crippen molar-refractivity contribution in [1.29, 1.82) is 0 Å². The minimum atomic E-state index is -0.997. The van der Waals surface area contributed by atoms with Gasteiger partial charge in [0.15, 0.2) is 5.11 Å². The number of amides is 1. The first-order valence-electron chi connectivity index (χ1n) is 12.4. The number of methoxy groups -OCH3 is 1. The van der Waals surface area contributed by atoms with E-state index in [0.717, 1.165) is 11.4 Å². The standard InChI is InChI=1S/C29H27N5O4S/c1-38-24-13-3-2-10-21(24)31-25(35)14-17-34-27(26(32-29(34)39)22-11-4-5-15-30-22)23-12-7-16-33(23)20-9-6-8-19(18-20)28(36)37/h2-13,15-16,18,26-27H,14,17H2,1H3,(H,31,35)(H,32,39)(H,36,37)/t26-,27-/m1/s1. The summed E-state index contributed by atoms with van der Waals surface area (Å²) in [5.41, 5.74) is 3.19. The van der Waals surface area contributed by atoms with E-state index < -0.39 is 5.97 Å². The van der Waals surface area contributed by atoms with Gasteiger partial charge in [-0.05, 0) is 66.8 Å². The molecule has 0 bridgehead atoms. The molecule has 3 N–H and O–H groups in total.